The molecule has 0 atom stereocenters. The van der Waals surface area contributed by atoms with E-state index in [4.69, 9.17) is 12.2 Å². The van der Waals surface area contributed by atoms with Gasteiger partial charge in [-0.05, 0) is 30.2 Å². The summed E-state index contributed by atoms with van der Waals surface area (Å²) in [5.41, 5.74) is 1.55. The third kappa shape index (κ3) is 5.97. The number of hydrogen-bond acceptors (Lipinski definition) is 2. The molecule has 0 amide bonds. The van der Waals surface area contributed by atoms with Crippen molar-refractivity contribution in [3.63, 3.8) is 0 Å². The molecule has 3 heteroatoms. The minimum absolute atomic E-state index is 0.338. The topological polar surface area (TPSA) is 28.7 Å². The molecule has 1 rings (SSSR count). The van der Waals surface area contributed by atoms with Crippen molar-refractivity contribution in [1.29, 1.82) is 0 Å². The highest BCUT2D eigenvalue weighted by Gasteiger charge is 2.11. The van der Waals surface area contributed by atoms with Gasteiger partial charge in [0.15, 0.2) is 0 Å². The molecule has 1 N–H and O–H groups in total. The van der Waals surface area contributed by atoms with E-state index < -0.39 is 0 Å². The highest BCUT2D eigenvalue weighted by Crippen LogP contribution is 2.20. The second-order valence-electron chi connectivity index (χ2n) is 6.35. The van der Waals surface area contributed by atoms with E-state index in [0.717, 1.165) is 25.1 Å². The van der Waals surface area contributed by atoms with Gasteiger partial charge in [0.05, 0.1) is 0 Å². The summed E-state index contributed by atoms with van der Waals surface area (Å²) in [5.74, 6) is 1.67. The number of aryl methyl sites for hydroxylation is 1. The second-order valence-corrected chi connectivity index (χ2v) is 6.77. The van der Waals surface area contributed by atoms with Gasteiger partial charge < -0.3 is 4.98 Å². The second kappa shape index (κ2) is 5.76. The zero-order valence-corrected chi connectivity index (χ0v) is 12.4. The number of aromatic nitrogens is 2. The fourth-order valence-corrected chi connectivity index (χ4v) is 1.98. The van der Waals surface area contributed by atoms with Gasteiger partial charge in [-0.2, -0.15) is 0 Å². The summed E-state index contributed by atoms with van der Waals surface area (Å²) in [6.45, 7) is 11.2. The Bertz CT molecular complexity index is 413. The highest BCUT2D eigenvalue weighted by molar-refractivity contribution is 7.71. The van der Waals surface area contributed by atoms with E-state index >= 15 is 0 Å². The highest BCUT2D eigenvalue weighted by atomic mass is 32.1. The molecule has 0 aliphatic rings. The van der Waals surface area contributed by atoms with Gasteiger partial charge in [0, 0.05) is 12.1 Å². The van der Waals surface area contributed by atoms with Gasteiger partial charge in [-0.1, -0.05) is 46.8 Å². The molecule has 1 aromatic heterocycles. The van der Waals surface area contributed by atoms with Crippen molar-refractivity contribution in [3.8, 4) is 0 Å². The van der Waals surface area contributed by atoms with Crippen LogP contribution in [-0.2, 0) is 12.8 Å². The Hall–Kier alpha value is -0.700. The van der Waals surface area contributed by atoms with Crippen LogP contribution < -0.4 is 0 Å². The summed E-state index contributed by atoms with van der Waals surface area (Å²) in [5, 5.41) is 0. The van der Waals surface area contributed by atoms with E-state index in [1.54, 1.807) is 0 Å². The predicted octanol–water partition coefficient (Wildman–Crippen LogP) is 4.32. The first-order valence-electron chi connectivity index (χ1n) is 6.35. The molecule has 1 aromatic rings. The van der Waals surface area contributed by atoms with Crippen molar-refractivity contribution >= 4 is 12.2 Å². The Kier molecular flexibility index (Phi) is 4.87. The Labute approximate surface area is 110 Å². The van der Waals surface area contributed by atoms with Crippen LogP contribution in [0, 0.1) is 16.0 Å². The van der Waals surface area contributed by atoms with Crippen LogP contribution in [0.25, 0.3) is 0 Å². The van der Waals surface area contributed by atoms with Gasteiger partial charge in [0.25, 0.3) is 0 Å². The van der Waals surface area contributed by atoms with Gasteiger partial charge in [-0.25, -0.2) is 4.98 Å². The lowest BCUT2D eigenvalue weighted by molar-refractivity contribution is 0.374. The number of nitrogens with zero attached hydrogens (tertiary/aromatic N) is 1. The molecule has 0 saturated carbocycles. The van der Waals surface area contributed by atoms with Crippen LogP contribution in [0.5, 0.6) is 0 Å². The lowest BCUT2D eigenvalue weighted by Gasteiger charge is -2.17. The normalized spacial score (nSPS) is 12.1. The van der Waals surface area contributed by atoms with Crippen LogP contribution in [0.15, 0.2) is 6.07 Å². The van der Waals surface area contributed by atoms with Crippen molar-refractivity contribution < 1.29 is 0 Å². The molecule has 0 aliphatic heterocycles. The Morgan fingerprint density at radius 3 is 2.53 bits per heavy atom. The van der Waals surface area contributed by atoms with Crippen molar-refractivity contribution in [1.82, 2.24) is 9.97 Å². The molecule has 0 saturated heterocycles. The first kappa shape index (κ1) is 14.4. The average molecular weight is 252 g/mol. The van der Waals surface area contributed by atoms with E-state index in [-0.39, 0.29) is 0 Å². The fraction of sp³-hybridized carbons (Fsp3) is 0.714. The molecule has 0 radical (unpaired) electrons. The van der Waals surface area contributed by atoms with Crippen molar-refractivity contribution in [2.45, 2.75) is 53.9 Å². The number of nitrogens with one attached hydrogen (secondary N) is 1. The zero-order chi connectivity index (χ0) is 13.1. The largest absolute Gasteiger partial charge is 0.347 e. The van der Waals surface area contributed by atoms with Crippen LogP contribution in [0.3, 0.4) is 0 Å². The third-order valence-corrected chi connectivity index (χ3v) is 2.80. The third-order valence-electron chi connectivity index (χ3n) is 2.59. The molecule has 0 fully saturated rings. The molecule has 0 bridgehead atoms. The summed E-state index contributed by atoms with van der Waals surface area (Å²) in [6.07, 6.45) is 3.13. The lowest BCUT2D eigenvalue weighted by atomic mass is 9.90. The maximum absolute atomic E-state index is 5.22. The van der Waals surface area contributed by atoms with Crippen LogP contribution in [0.1, 0.15) is 52.6 Å². The summed E-state index contributed by atoms with van der Waals surface area (Å²) >= 11 is 5.22. The number of rotatable bonds is 4. The first-order valence-corrected chi connectivity index (χ1v) is 6.76. The predicted molar refractivity (Wildman–Crippen MR) is 75.7 cm³/mol. The monoisotopic (exact) mass is 252 g/mol. The Morgan fingerprint density at radius 2 is 2.00 bits per heavy atom. The average Bonchev–Trinajstić information content (AvgIpc) is 2.11. The van der Waals surface area contributed by atoms with Crippen molar-refractivity contribution in [3.05, 3.63) is 22.2 Å². The van der Waals surface area contributed by atoms with E-state index in [0.29, 0.717) is 16.0 Å². The SMILES string of the molecule is CC(C)Cc1cc(=S)nc(CCC(C)(C)C)[nH]1. The van der Waals surface area contributed by atoms with Gasteiger partial charge in [-0.3, -0.25) is 0 Å². The number of hydrogen-bond donors (Lipinski definition) is 1. The van der Waals surface area contributed by atoms with Gasteiger partial charge in [-0.15, -0.1) is 0 Å². The molecule has 0 spiro atoms. The molecular weight excluding hydrogens is 228 g/mol. The van der Waals surface area contributed by atoms with Crippen LogP contribution in [0.2, 0.25) is 0 Å². The van der Waals surface area contributed by atoms with E-state index in [1.165, 1.54) is 5.69 Å². The summed E-state index contributed by atoms with van der Waals surface area (Å²) in [6, 6.07) is 1.98. The quantitative estimate of drug-likeness (QED) is 0.809. The van der Waals surface area contributed by atoms with Gasteiger partial charge in [0.2, 0.25) is 0 Å². The molecule has 17 heavy (non-hydrogen) atoms. The molecule has 0 aliphatic carbocycles. The smallest absolute Gasteiger partial charge is 0.129 e. The number of H-pyrrole nitrogens is 1. The molecule has 2 nitrogen and oxygen atoms in total. The van der Waals surface area contributed by atoms with Crippen molar-refractivity contribution in [2.75, 3.05) is 0 Å². The Balaban J connectivity index is 2.79. The summed E-state index contributed by atoms with van der Waals surface area (Å²) in [7, 11) is 0. The van der Waals surface area contributed by atoms with Crippen LogP contribution >= 0.6 is 12.2 Å². The molecule has 0 unspecified atom stereocenters. The zero-order valence-electron chi connectivity index (χ0n) is 11.6. The molecular formula is C14H24N2S. The van der Waals surface area contributed by atoms with E-state index in [2.05, 4.69) is 44.6 Å². The Morgan fingerprint density at radius 1 is 1.35 bits per heavy atom. The van der Waals surface area contributed by atoms with E-state index in [9.17, 15) is 0 Å². The summed E-state index contributed by atoms with van der Waals surface area (Å²) < 4.78 is 0.711. The van der Waals surface area contributed by atoms with E-state index in [1.807, 2.05) is 6.07 Å². The molecule has 0 aromatic carbocycles. The molecule has 96 valence electrons. The summed E-state index contributed by atoms with van der Waals surface area (Å²) in [4.78, 5) is 7.81. The van der Waals surface area contributed by atoms with Crippen molar-refractivity contribution in [2.24, 2.45) is 11.3 Å². The minimum Gasteiger partial charge on any atom is -0.347 e. The minimum atomic E-state index is 0.338. The molecule has 1 heterocycles. The fourth-order valence-electron chi connectivity index (χ4n) is 1.73. The maximum atomic E-state index is 5.22. The van der Waals surface area contributed by atoms with Gasteiger partial charge >= 0.3 is 0 Å². The maximum Gasteiger partial charge on any atom is 0.129 e. The first-order chi connectivity index (χ1) is 7.76. The van der Waals surface area contributed by atoms with Gasteiger partial charge in [0.1, 0.15) is 10.5 Å². The standard InChI is InChI=1S/C14H24N2S/c1-10(2)8-11-9-13(17)16-12(15-11)6-7-14(3,4)5/h9-10H,6-8H2,1-5H3,(H,15,16,17). The number of aromatic amines is 1. The lowest BCUT2D eigenvalue weighted by Crippen LogP contribution is -2.09. The van der Waals surface area contributed by atoms with Crippen LogP contribution in [0.4, 0.5) is 0 Å². The van der Waals surface area contributed by atoms with Crippen LogP contribution in [-0.4, -0.2) is 9.97 Å².